The minimum atomic E-state index is -0.284. The minimum Gasteiger partial charge on any atom is -0.276 e. The molecule has 1 aromatic carbocycles. The minimum absolute atomic E-state index is 0.284. The Kier molecular flexibility index (Phi) is 4.17. The molecule has 0 saturated heterocycles. The van der Waals surface area contributed by atoms with Gasteiger partial charge in [0.05, 0.1) is 17.5 Å². The number of pyridine rings is 1. The van der Waals surface area contributed by atoms with Gasteiger partial charge in [0.2, 0.25) is 0 Å². The van der Waals surface area contributed by atoms with Crippen molar-refractivity contribution in [1.82, 2.24) is 15.2 Å². The normalized spacial score (nSPS) is 10.4. The molecule has 0 unspecified atom stereocenters. The summed E-state index contributed by atoms with van der Waals surface area (Å²) in [6.07, 6.45) is 3.41. The van der Waals surface area contributed by atoms with Gasteiger partial charge in [0.1, 0.15) is 10.8 Å². The molecule has 0 atom stereocenters. The average Bonchev–Trinajstić information content (AvgIpc) is 2.98. The monoisotopic (exact) mass is 310 g/mol. The Bertz CT molecular complexity index is 806. The van der Waals surface area contributed by atoms with Crippen molar-refractivity contribution in [2.75, 3.05) is 5.75 Å². The molecule has 0 fully saturated rings. The molecule has 0 aliphatic rings. The maximum atomic E-state index is 13.1. The highest BCUT2D eigenvalue weighted by Gasteiger charge is 2.17. The van der Waals surface area contributed by atoms with E-state index in [0.717, 1.165) is 27.4 Å². The molecule has 22 heavy (non-hydrogen) atoms. The van der Waals surface area contributed by atoms with Crippen LogP contribution in [0.25, 0.3) is 22.4 Å². The van der Waals surface area contributed by atoms with Crippen LogP contribution in [0.1, 0.15) is 0 Å². The van der Waals surface area contributed by atoms with Gasteiger partial charge in [-0.3, -0.25) is 10.1 Å². The Labute approximate surface area is 131 Å². The summed E-state index contributed by atoms with van der Waals surface area (Å²) in [5.41, 5.74) is 3.48. The van der Waals surface area contributed by atoms with Crippen LogP contribution in [-0.2, 0) is 0 Å². The molecule has 0 radical (unpaired) electrons. The predicted octanol–water partition coefficient (Wildman–Crippen LogP) is 3.89. The Morgan fingerprint density at radius 1 is 1.09 bits per heavy atom. The number of aromatic amines is 1. The van der Waals surface area contributed by atoms with E-state index < -0.39 is 0 Å². The van der Waals surface area contributed by atoms with Crippen LogP contribution in [0, 0.1) is 17.1 Å². The summed E-state index contributed by atoms with van der Waals surface area (Å²) < 4.78 is 13.1. The number of benzene rings is 1. The molecular weight excluding hydrogens is 299 g/mol. The van der Waals surface area contributed by atoms with E-state index in [0.29, 0.717) is 5.75 Å². The van der Waals surface area contributed by atoms with Gasteiger partial charge in [-0.1, -0.05) is 11.8 Å². The third kappa shape index (κ3) is 2.85. The first-order valence-electron chi connectivity index (χ1n) is 6.54. The highest BCUT2D eigenvalue weighted by Crippen LogP contribution is 2.37. The third-order valence-corrected chi connectivity index (χ3v) is 3.95. The van der Waals surface area contributed by atoms with E-state index in [9.17, 15) is 4.39 Å². The fraction of sp³-hybridized carbons (Fsp3) is 0.0625. The zero-order valence-corrected chi connectivity index (χ0v) is 12.3. The molecule has 1 N–H and O–H groups in total. The topological polar surface area (TPSA) is 65.4 Å². The van der Waals surface area contributed by atoms with Gasteiger partial charge in [0.25, 0.3) is 0 Å². The molecule has 0 aliphatic carbocycles. The molecule has 2 aromatic heterocycles. The molecule has 0 amide bonds. The summed E-state index contributed by atoms with van der Waals surface area (Å²) in [5, 5.41) is 16.8. The largest absolute Gasteiger partial charge is 0.276 e. The van der Waals surface area contributed by atoms with Crippen molar-refractivity contribution in [3.63, 3.8) is 0 Å². The van der Waals surface area contributed by atoms with Crippen LogP contribution >= 0.6 is 11.8 Å². The van der Waals surface area contributed by atoms with Gasteiger partial charge >= 0.3 is 0 Å². The van der Waals surface area contributed by atoms with Crippen molar-refractivity contribution in [1.29, 1.82) is 5.26 Å². The van der Waals surface area contributed by atoms with Gasteiger partial charge in [-0.05, 0) is 42.0 Å². The number of nitriles is 1. The molecule has 3 aromatic rings. The molecule has 4 nitrogen and oxygen atoms in total. The first-order valence-corrected chi connectivity index (χ1v) is 7.52. The lowest BCUT2D eigenvalue weighted by atomic mass is 10.0. The molecule has 108 valence electrons. The van der Waals surface area contributed by atoms with Crippen molar-refractivity contribution >= 4 is 11.8 Å². The Morgan fingerprint density at radius 3 is 2.50 bits per heavy atom. The molecule has 0 spiro atoms. The fourth-order valence-corrected chi connectivity index (χ4v) is 2.82. The lowest BCUT2D eigenvalue weighted by Crippen LogP contribution is -1.85. The zero-order valence-electron chi connectivity index (χ0n) is 11.5. The van der Waals surface area contributed by atoms with E-state index in [4.69, 9.17) is 5.26 Å². The standard InChI is InChI=1S/C16H11FN4S/c17-13-3-1-12(2-4-13)15-14(11-5-8-19-9-6-11)16(21-20-15)22-10-7-18/h1-6,8-9H,10H2,(H,20,21). The highest BCUT2D eigenvalue weighted by molar-refractivity contribution is 7.99. The van der Waals surface area contributed by atoms with Crippen LogP contribution in [0.15, 0.2) is 53.8 Å². The molecule has 6 heteroatoms. The van der Waals surface area contributed by atoms with Gasteiger partial charge < -0.3 is 0 Å². The SMILES string of the molecule is N#CCSc1n[nH]c(-c2ccc(F)cc2)c1-c1ccncc1. The van der Waals surface area contributed by atoms with Gasteiger partial charge in [-0.15, -0.1) is 0 Å². The number of rotatable bonds is 4. The van der Waals surface area contributed by atoms with Crippen LogP contribution in [0.5, 0.6) is 0 Å². The van der Waals surface area contributed by atoms with Crippen LogP contribution in [0.3, 0.4) is 0 Å². The molecule has 2 heterocycles. The molecular formula is C16H11FN4S. The van der Waals surface area contributed by atoms with Crippen molar-refractivity contribution in [3.05, 3.63) is 54.6 Å². The van der Waals surface area contributed by atoms with E-state index in [2.05, 4.69) is 21.3 Å². The van der Waals surface area contributed by atoms with Crippen molar-refractivity contribution < 1.29 is 4.39 Å². The maximum Gasteiger partial charge on any atom is 0.127 e. The fourth-order valence-electron chi connectivity index (χ4n) is 2.14. The van der Waals surface area contributed by atoms with Gasteiger partial charge in [-0.25, -0.2) is 4.39 Å². The number of aromatic nitrogens is 3. The van der Waals surface area contributed by atoms with Crippen LogP contribution < -0.4 is 0 Å². The summed E-state index contributed by atoms with van der Waals surface area (Å²) in [5.74, 6) is 0.0269. The zero-order chi connectivity index (χ0) is 15.4. The number of halogens is 1. The average molecular weight is 310 g/mol. The van der Waals surface area contributed by atoms with Crippen LogP contribution in [0.4, 0.5) is 4.39 Å². The second kappa shape index (κ2) is 6.41. The number of nitrogens with zero attached hydrogens (tertiary/aromatic N) is 3. The lowest BCUT2D eigenvalue weighted by Gasteiger charge is -2.05. The first kappa shape index (κ1) is 14.3. The number of nitrogens with one attached hydrogen (secondary N) is 1. The van der Waals surface area contributed by atoms with Crippen LogP contribution in [0.2, 0.25) is 0 Å². The number of H-pyrrole nitrogens is 1. The quantitative estimate of drug-likeness (QED) is 0.742. The third-order valence-electron chi connectivity index (χ3n) is 3.11. The maximum absolute atomic E-state index is 13.1. The summed E-state index contributed by atoms with van der Waals surface area (Å²) in [6, 6.07) is 12.1. The number of hydrogen-bond acceptors (Lipinski definition) is 4. The summed E-state index contributed by atoms with van der Waals surface area (Å²) >= 11 is 1.36. The second-order valence-corrected chi connectivity index (χ2v) is 5.43. The van der Waals surface area contributed by atoms with E-state index >= 15 is 0 Å². The van der Waals surface area contributed by atoms with E-state index in [1.54, 1.807) is 24.5 Å². The van der Waals surface area contributed by atoms with Crippen molar-refractivity contribution in [2.45, 2.75) is 5.03 Å². The molecule has 0 aliphatic heterocycles. The van der Waals surface area contributed by atoms with E-state index in [1.165, 1.54) is 23.9 Å². The lowest BCUT2D eigenvalue weighted by molar-refractivity contribution is 0.628. The van der Waals surface area contributed by atoms with Gasteiger partial charge in [0, 0.05) is 23.5 Å². The Hall–Kier alpha value is -2.65. The van der Waals surface area contributed by atoms with Crippen molar-refractivity contribution in [3.8, 4) is 28.5 Å². The Balaban J connectivity index is 2.12. The first-order chi connectivity index (χ1) is 10.8. The summed E-state index contributed by atoms with van der Waals surface area (Å²) in [4.78, 5) is 4.02. The summed E-state index contributed by atoms with van der Waals surface area (Å²) in [7, 11) is 0. The second-order valence-electron chi connectivity index (χ2n) is 4.47. The van der Waals surface area contributed by atoms with E-state index in [-0.39, 0.29) is 5.82 Å². The summed E-state index contributed by atoms with van der Waals surface area (Å²) in [6.45, 7) is 0. The van der Waals surface area contributed by atoms with Crippen LogP contribution in [-0.4, -0.2) is 20.9 Å². The highest BCUT2D eigenvalue weighted by atomic mass is 32.2. The Morgan fingerprint density at radius 2 is 1.82 bits per heavy atom. The van der Waals surface area contributed by atoms with E-state index in [1.807, 2.05) is 12.1 Å². The van der Waals surface area contributed by atoms with Crippen molar-refractivity contribution in [2.24, 2.45) is 0 Å². The smallest absolute Gasteiger partial charge is 0.127 e. The number of thioether (sulfide) groups is 1. The van der Waals surface area contributed by atoms with Gasteiger partial charge in [0.15, 0.2) is 0 Å². The molecule has 0 bridgehead atoms. The molecule has 0 saturated carbocycles. The van der Waals surface area contributed by atoms with Gasteiger partial charge in [-0.2, -0.15) is 10.4 Å². The number of hydrogen-bond donors (Lipinski definition) is 1. The predicted molar refractivity (Wildman–Crippen MR) is 83.5 cm³/mol. The molecule has 3 rings (SSSR count).